The van der Waals surface area contributed by atoms with Crippen LogP contribution in [0.2, 0.25) is 0 Å². The quantitative estimate of drug-likeness (QED) is 0.369. The van der Waals surface area contributed by atoms with Crippen molar-refractivity contribution < 1.29 is 19.4 Å². The van der Waals surface area contributed by atoms with E-state index < -0.39 is 6.10 Å². The Hall–Kier alpha value is -3.70. The number of carbonyl (C=O) groups is 1. The normalized spacial score (nSPS) is 18.8. The number of amides is 1. The molecule has 1 heterocycles. The maximum atomic E-state index is 13.3. The molecule has 2 N–H and O–H groups in total. The minimum atomic E-state index is -0.769. The number of aliphatic hydroxyl groups excluding tert-OH is 1. The van der Waals surface area contributed by atoms with Crippen LogP contribution in [-0.2, 0) is 4.79 Å². The van der Waals surface area contributed by atoms with Crippen LogP contribution < -0.4 is 4.90 Å². The van der Waals surface area contributed by atoms with Gasteiger partial charge in [0.1, 0.15) is 11.6 Å². The Morgan fingerprint density at radius 1 is 0.879 bits per heavy atom. The predicted octanol–water partition coefficient (Wildman–Crippen LogP) is 5.85. The molecule has 1 aliphatic heterocycles. The zero-order valence-electron chi connectivity index (χ0n) is 17.9. The van der Waals surface area contributed by atoms with Crippen molar-refractivity contribution in [3.05, 3.63) is 108 Å². The molecule has 2 aromatic rings. The molecule has 33 heavy (non-hydrogen) atoms. The molecule has 0 spiro atoms. The largest absolute Gasteiger partial charge is 0.508 e. The molecule has 0 bridgehead atoms. The van der Waals surface area contributed by atoms with Gasteiger partial charge in [0.25, 0.3) is 0 Å². The third kappa shape index (κ3) is 4.08. The number of hydrogen-bond donors (Lipinski definition) is 2. The highest BCUT2D eigenvalue weighted by Crippen LogP contribution is 2.48. The number of rotatable bonds is 6. The van der Waals surface area contributed by atoms with Crippen molar-refractivity contribution >= 4 is 11.6 Å². The van der Waals surface area contributed by atoms with Gasteiger partial charge in [-0.2, -0.15) is 0 Å². The molecular weight excluding hydrogens is 417 g/mol. The smallest absolute Gasteiger partial charge is 0.233 e. The van der Waals surface area contributed by atoms with Crippen molar-refractivity contribution in [1.29, 1.82) is 0 Å². The van der Waals surface area contributed by atoms with Gasteiger partial charge in [0, 0.05) is 5.69 Å². The highest BCUT2D eigenvalue weighted by molar-refractivity contribution is 6.04. The lowest BCUT2D eigenvalue weighted by molar-refractivity contribution is -0.131. The fourth-order valence-corrected chi connectivity index (χ4v) is 4.70. The third-order valence-corrected chi connectivity index (χ3v) is 6.45. The summed E-state index contributed by atoms with van der Waals surface area (Å²) in [4.78, 5) is 15.1. The highest BCUT2D eigenvalue weighted by Gasteiger charge is 2.48. The van der Waals surface area contributed by atoms with Crippen molar-refractivity contribution in [2.75, 3.05) is 4.90 Å². The van der Waals surface area contributed by atoms with Crippen LogP contribution in [0.4, 0.5) is 10.1 Å². The molecule has 1 fully saturated rings. The second-order valence-corrected chi connectivity index (χ2v) is 8.53. The molecule has 4 nitrogen and oxygen atoms in total. The van der Waals surface area contributed by atoms with Gasteiger partial charge in [-0.15, -0.1) is 0 Å². The van der Waals surface area contributed by atoms with E-state index >= 15 is 0 Å². The van der Waals surface area contributed by atoms with E-state index in [9.17, 15) is 19.4 Å². The van der Waals surface area contributed by atoms with E-state index in [1.807, 2.05) is 54.6 Å². The molecule has 3 atom stereocenters. The third-order valence-electron chi connectivity index (χ3n) is 6.45. The van der Waals surface area contributed by atoms with Crippen LogP contribution in [0.15, 0.2) is 91.0 Å². The fraction of sp³-hybridized carbons (Fsp3) is 0.179. The molecule has 2 aromatic carbocycles. The Kier molecular flexibility index (Phi) is 5.56. The zero-order chi connectivity index (χ0) is 22.9. The molecule has 5 heteroatoms. The average molecular weight is 442 g/mol. The van der Waals surface area contributed by atoms with Crippen LogP contribution in [0.5, 0.6) is 5.75 Å². The van der Waals surface area contributed by atoms with E-state index in [-0.39, 0.29) is 29.4 Å². The van der Waals surface area contributed by atoms with Gasteiger partial charge in [-0.05, 0) is 71.5 Å². The Morgan fingerprint density at radius 2 is 1.52 bits per heavy atom. The number of nitrogens with zero attached hydrogens (tertiary/aromatic N) is 1. The van der Waals surface area contributed by atoms with Crippen molar-refractivity contribution in [1.82, 2.24) is 0 Å². The summed E-state index contributed by atoms with van der Waals surface area (Å²) in [6.45, 7) is 0. The first kappa shape index (κ1) is 21.2. The number of anilines is 1. The van der Waals surface area contributed by atoms with E-state index in [4.69, 9.17) is 0 Å². The van der Waals surface area contributed by atoms with E-state index in [0.717, 1.165) is 22.4 Å². The fourth-order valence-electron chi connectivity index (χ4n) is 4.70. The van der Waals surface area contributed by atoms with Gasteiger partial charge in [0.2, 0.25) is 5.91 Å². The first-order valence-electron chi connectivity index (χ1n) is 11.1. The number of fused-ring (bicyclic) bond motifs is 1. The van der Waals surface area contributed by atoms with Gasteiger partial charge >= 0.3 is 0 Å². The SMILES string of the molecule is O=C1[C@H](CC[C@H](O)c2ccc(F)cc2)[C@@H](c2ccc(O)cc2)N1c1cc2cccccc-2c1. The molecule has 2 aliphatic carbocycles. The van der Waals surface area contributed by atoms with Gasteiger partial charge in [-0.1, -0.05) is 54.6 Å². The lowest BCUT2D eigenvalue weighted by Crippen LogP contribution is -2.55. The number of carbonyl (C=O) groups excluding carboxylic acids is 1. The second-order valence-electron chi connectivity index (χ2n) is 8.53. The Bertz CT molecular complexity index is 1210. The van der Waals surface area contributed by atoms with Gasteiger partial charge in [-0.25, -0.2) is 4.39 Å². The summed E-state index contributed by atoms with van der Waals surface area (Å²) < 4.78 is 13.2. The number of benzene rings is 2. The Labute approximate surface area is 191 Å². The maximum Gasteiger partial charge on any atom is 0.233 e. The molecule has 0 unspecified atom stereocenters. The summed E-state index contributed by atoms with van der Waals surface area (Å²) in [6.07, 6.45) is 0.118. The first-order valence-corrected chi connectivity index (χ1v) is 11.1. The lowest BCUT2D eigenvalue weighted by atomic mass is 9.78. The summed E-state index contributed by atoms with van der Waals surface area (Å²) in [6, 6.07) is 26.5. The van der Waals surface area contributed by atoms with E-state index in [0.29, 0.717) is 18.4 Å². The van der Waals surface area contributed by atoms with Crippen LogP contribution in [0, 0.1) is 11.7 Å². The average Bonchev–Trinajstić information content (AvgIpc) is 3.07. The predicted molar refractivity (Wildman–Crippen MR) is 125 cm³/mol. The van der Waals surface area contributed by atoms with Crippen LogP contribution in [0.1, 0.15) is 36.1 Å². The van der Waals surface area contributed by atoms with E-state index in [1.165, 1.54) is 12.1 Å². The molecule has 0 saturated carbocycles. The minimum absolute atomic E-state index is 0.0130. The summed E-state index contributed by atoms with van der Waals surface area (Å²) in [5.74, 6) is -0.456. The van der Waals surface area contributed by atoms with Gasteiger partial charge in [0.15, 0.2) is 0 Å². The summed E-state index contributed by atoms with van der Waals surface area (Å²) in [7, 11) is 0. The lowest BCUT2D eigenvalue weighted by Gasteiger charge is -2.47. The molecule has 1 saturated heterocycles. The van der Waals surface area contributed by atoms with Gasteiger partial charge in [0.05, 0.1) is 18.1 Å². The van der Waals surface area contributed by atoms with Crippen LogP contribution in [-0.4, -0.2) is 16.1 Å². The number of aliphatic hydroxyl groups is 1. The monoisotopic (exact) mass is 441 g/mol. The number of phenolic OH excluding ortho intramolecular Hbond substituents is 1. The number of β-lactam (4-membered cyclic amide) rings is 1. The molecule has 3 aliphatic rings. The Morgan fingerprint density at radius 3 is 2.15 bits per heavy atom. The molecule has 0 aromatic heterocycles. The number of aromatic hydroxyl groups is 1. The second kappa shape index (κ2) is 8.68. The molecular formula is C28H24FNO3. The van der Waals surface area contributed by atoms with Crippen LogP contribution in [0.3, 0.4) is 0 Å². The van der Waals surface area contributed by atoms with Crippen LogP contribution >= 0.6 is 0 Å². The topological polar surface area (TPSA) is 60.8 Å². The number of hydrogen-bond acceptors (Lipinski definition) is 3. The number of phenols is 1. The Balaban J connectivity index is 1.41. The molecule has 166 valence electrons. The van der Waals surface area contributed by atoms with E-state index in [2.05, 4.69) is 0 Å². The molecule has 1 amide bonds. The van der Waals surface area contributed by atoms with Crippen molar-refractivity contribution in [3.8, 4) is 16.9 Å². The summed E-state index contributed by atoms with van der Waals surface area (Å²) in [5.41, 5.74) is 4.53. The van der Waals surface area contributed by atoms with Gasteiger partial charge in [-0.3, -0.25) is 4.79 Å². The number of halogens is 1. The summed E-state index contributed by atoms with van der Waals surface area (Å²) >= 11 is 0. The molecule has 0 radical (unpaired) electrons. The summed E-state index contributed by atoms with van der Waals surface area (Å²) in [5, 5.41) is 20.3. The van der Waals surface area contributed by atoms with Crippen molar-refractivity contribution in [3.63, 3.8) is 0 Å². The minimum Gasteiger partial charge on any atom is -0.508 e. The zero-order valence-corrected chi connectivity index (χ0v) is 17.9. The van der Waals surface area contributed by atoms with Crippen molar-refractivity contribution in [2.24, 2.45) is 5.92 Å². The highest BCUT2D eigenvalue weighted by atomic mass is 19.1. The van der Waals surface area contributed by atoms with Crippen LogP contribution in [0.25, 0.3) is 11.1 Å². The standard InChI is InChI=1S/C28H24FNO3/c29-22-10-6-18(7-11-22)26(32)15-14-25-27(19-8-12-24(31)13-9-19)30(28(25)33)23-16-20-4-2-1-3-5-21(20)17-23/h1-13,16-17,25-27,31-32H,14-15H2/t25-,26+,27-/m1/s1. The molecule has 5 rings (SSSR count). The van der Waals surface area contributed by atoms with Crippen molar-refractivity contribution in [2.45, 2.75) is 25.0 Å². The maximum absolute atomic E-state index is 13.3. The van der Waals surface area contributed by atoms with E-state index in [1.54, 1.807) is 29.2 Å². The first-order chi connectivity index (χ1) is 16.0. The van der Waals surface area contributed by atoms with Gasteiger partial charge < -0.3 is 15.1 Å².